The number of hydrogen-bond acceptors (Lipinski definition) is 3. The summed E-state index contributed by atoms with van der Waals surface area (Å²) in [5.41, 5.74) is 0. The molecule has 0 atom stereocenters. The van der Waals surface area contributed by atoms with Gasteiger partial charge in [0.05, 0.1) is 6.61 Å². The highest BCUT2D eigenvalue weighted by atomic mass is 32.2. The lowest BCUT2D eigenvalue weighted by atomic mass is 10.5. The monoisotopic (exact) mass is 202 g/mol. The van der Waals surface area contributed by atoms with E-state index in [9.17, 15) is 18.0 Å². The molecule has 2 nitrogen and oxygen atoms in total. The Morgan fingerprint density at radius 2 is 2.08 bits per heavy atom. The standard InChI is InChI=1S/C6H9F3O2S/c1-12-4-2-3-11-5(10)6(7,8)9/h2-4H2,1H3. The number of carbonyl (C=O) groups excluding carboxylic acids is 1. The molecule has 12 heavy (non-hydrogen) atoms. The number of esters is 1. The highest BCUT2D eigenvalue weighted by Crippen LogP contribution is 2.16. The number of rotatable bonds is 4. The highest BCUT2D eigenvalue weighted by Gasteiger charge is 2.40. The van der Waals surface area contributed by atoms with E-state index >= 15 is 0 Å². The molecule has 0 rings (SSSR count). The average molecular weight is 202 g/mol. The lowest BCUT2D eigenvalue weighted by Gasteiger charge is -2.05. The van der Waals surface area contributed by atoms with Gasteiger partial charge in [0.25, 0.3) is 0 Å². The Morgan fingerprint density at radius 1 is 1.50 bits per heavy atom. The molecule has 0 N–H and O–H groups in total. The van der Waals surface area contributed by atoms with Gasteiger partial charge >= 0.3 is 12.1 Å². The van der Waals surface area contributed by atoms with Gasteiger partial charge in [-0.05, 0) is 18.4 Å². The molecule has 0 aliphatic rings. The van der Waals surface area contributed by atoms with E-state index in [1.165, 1.54) is 11.8 Å². The Morgan fingerprint density at radius 3 is 2.50 bits per heavy atom. The van der Waals surface area contributed by atoms with Crippen molar-refractivity contribution in [2.24, 2.45) is 0 Å². The first kappa shape index (κ1) is 11.6. The van der Waals surface area contributed by atoms with E-state index in [4.69, 9.17) is 0 Å². The second kappa shape index (κ2) is 5.29. The highest BCUT2D eigenvalue weighted by molar-refractivity contribution is 7.98. The SMILES string of the molecule is CSCCCOC(=O)C(F)(F)F. The van der Waals surface area contributed by atoms with Crippen molar-refractivity contribution in [1.29, 1.82) is 0 Å². The molecule has 72 valence electrons. The quantitative estimate of drug-likeness (QED) is 0.514. The summed E-state index contributed by atoms with van der Waals surface area (Å²) in [6.07, 6.45) is -2.59. The molecule has 0 aliphatic heterocycles. The van der Waals surface area contributed by atoms with Gasteiger partial charge in [-0.15, -0.1) is 0 Å². The third-order valence-corrected chi connectivity index (χ3v) is 1.65. The van der Waals surface area contributed by atoms with Crippen LogP contribution in [-0.4, -0.2) is 30.8 Å². The molecule has 0 unspecified atom stereocenters. The van der Waals surface area contributed by atoms with Crippen LogP contribution in [0.15, 0.2) is 0 Å². The van der Waals surface area contributed by atoms with Gasteiger partial charge in [0, 0.05) is 0 Å². The number of halogens is 3. The van der Waals surface area contributed by atoms with Crippen LogP contribution in [0.5, 0.6) is 0 Å². The van der Waals surface area contributed by atoms with E-state index in [1.807, 2.05) is 6.26 Å². The lowest BCUT2D eigenvalue weighted by molar-refractivity contribution is -0.199. The third kappa shape index (κ3) is 5.29. The van der Waals surface area contributed by atoms with Crippen molar-refractivity contribution in [3.63, 3.8) is 0 Å². The first-order chi connectivity index (χ1) is 5.48. The van der Waals surface area contributed by atoms with Crippen LogP contribution in [0.3, 0.4) is 0 Å². The fourth-order valence-electron chi connectivity index (χ4n) is 0.450. The molecule has 0 radical (unpaired) electrons. The van der Waals surface area contributed by atoms with Crippen molar-refractivity contribution >= 4 is 17.7 Å². The lowest BCUT2D eigenvalue weighted by Crippen LogP contribution is -2.25. The van der Waals surface area contributed by atoms with Crippen LogP contribution in [0.1, 0.15) is 6.42 Å². The molecule has 0 aromatic rings. The van der Waals surface area contributed by atoms with Crippen LogP contribution in [0.4, 0.5) is 13.2 Å². The maximum atomic E-state index is 11.5. The minimum Gasteiger partial charge on any atom is -0.459 e. The van der Waals surface area contributed by atoms with Gasteiger partial charge in [0.2, 0.25) is 0 Å². The maximum absolute atomic E-state index is 11.5. The zero-order valence-electron chi connectivity index (χ0n) is 6.48. The van der Waals surface area contributed by atoms with Crippen molar-refractivity contribution in [2.75, 3.05) is 18.6 Å². The summed E-state index contributed by atoms with van der Waals surface area (Å²) in [5.74, 6) is -1.42. The van der Waals surface area contributed by atoms with Crippen LogP contribution in [0.2, 0.25) is 0 Å². The van der Waals surface area contributed by atoms with E-state index in [0.29, 0.717) is 12.2 Å². The number of alkyl halides is 3. The number of ether oxygens (including phenoxy) is 1. The van der Waals surface area contributed by atoms with Gasteiger partial charge in [-0.1, -0.05) is 0 Å². The smallest absolute Gasteiger partial charge is 0.459 e. The molecular weight excluding hydrogens is 193 g/mol. The number of hydrogen-bond donors (Lipinski definition) is 0. The summed E-state index contributed by atoms with van der Waals surface area (Å²) >= 11 is 1.49. The number of thioether (sulfide) groups is 1. The van der Waals surface area contributed by atoms with E-state index in [2.05, 4.69) is 4.74 Å². The van der Waals surface area contributed by atoms with Crippen molar-refractivity contribution in [3.8, 4) is 0 Å². The van der Waals surface area contributed by atoms with Crippen LogP contribution in [0.25, 0.3) is 0 Å². The Balaban J connectivity index is 3.45. The summed E-state index contributed by atoms with van der Waals surface area (Å²) in [6.45, 7) is -0.167. The van der Waals surface area contributed by atoms with Gasteiger partial charge in [0.1, 0.15) is 0 Å². The van der Waals surface area contributed by atoms with Crippen molar-refractivity contribution in [2.45, 2.75) is 12.6 Å². The predicted molar refractivity (Wildman–Crippen MR) is 40.0 cm³/mol. The minimum atomic E-state index is -4.86. The molecule has 0 saturated heterocycles. The zero-order chi connectivity index (χ0) is 9.61. The summed E-state index contributed by atoms with van der Waals surface area (Å²) < 4.78 is 38.4. The Bertz CT molecular complexity index is 146. The van der Waals surface area contributed by atoms with E-state index in [1.54, 1.807) is 0 Å². The van der Waals surface area contributed by atoms with Crippen LogP contribution in [-0.2, 0) is 9.53 Å². The van der Waals surface area contributed by atoms with Crippen molar-refractivity contribution < 1.29 is 22.7 Å². The predicted octanol–water partition coefficient (Wildman–Crippen LogP) is 1.85. The molecule has 0 aromatic heterocycles. The minimum absolute atomic E-state index is 0.167. The van der Waals surface area contributed by atoms with Crippen molar-refractivity contribution in [3.05, 3.63) is 0 Å². The molecule has 0 heterocycles. The van der Waals surface area contributed by atoms with E-state index < -0.39 is 12.1 Å². The zero-order valence-corrected chi connectivity index (χ0v) is 7.30. The van der Waals surface area contributed by atoms with Gasteiger partial charge in [-0.3, -0.25) is 0 Å². The van der Waals surface area contributed by atoms with Crippen LogP contribution >= 0.6 is 11.8 Å². The Kier molecular flexibility index (Phi) is 5.12. The van der Waals surface area contributed by atoms with Gasteiger partial charge in [-0.25, -0.2) is 4.79 Å². The van der Waals surface area contributed by atoms with Gasteiger partial charge in [-0.2, -0.15) is 24.9 Å². The topological polar surface area (TPSA) is 26.3 Å². The fraction of sp³-hybridized carbons (Fsp3) is 0.833. The largest absolute Gasteiger partial charge is 0.490 e. The van der Waals surface area contributed by atoms with Crippen molar-refractivity contribution in [1.82, 2.24) is 0 Å². The Labute approximate surface area is 72.5 Å². The summed E-state index contributed by atoms with van der Waals surface area (Å²) in [6, 6.07) is 0. The summed E-state index contributed by atoms with van der Waals surface area (Å²) in [7, 11) is 0. The molecule has 0 amide bonds. The van der Waals surface area contributed by atoms with E-state index in [0.717, 1.165) is 0 Å². The maximum Gasteiger partial charge on any atom is 0.490 e. The average Bonchev–Trinajstić information content (AvgIpc) is 1.96. The van der Waals surface area contributed by atoms with Crippen LogP contribution < -0.4 is 0 Å². The van der Waals surface area contributed by atoms with Gasteiger partial charge in [0.15, 0.2) is 0 Å². The normalized spacial score (nSPS) is 11.3. The Hall–Kier alpha value is -0.390. The molecule has 0 saturated carbocycles. The third-order valence-electron chi connectivity index (χ3n) is 0.957. The molecule has 6 heteroatoms. The number of carbonyl (C=O) groups is 1. The first-order valence-corrected chi connectivity index (χ1v) is 4.60. The molecule has 0 bridgehead atoms. The molecular formula is C6H9F3O2S. The molecule has 0 spiro atoms. The molecule has 0 aromatic carbocycles. The first-order valence-electron chi connectivity index (χ1n) is 3.21. The summed E-state index contributed by atoms with van der Waals surface area (Å²) in [4.78, 5) is 10.1. The fourth-order valence-corrected chi connectivity index (χ4v) is 0.856. The van der Waals surface area contributed by atoms with Crippen LogP contribution in [0, 0.1) is 0 Å². The summed E-state index contributed by atoms with van der Waals surface area (Å²) in [5, 5.41) is 0. The second-order valence-electron chi connectivity index (χ2n) is 1.98. The van der Waals surface area contributed by atoms with E-state index in [-0.39, 0.29) is 6.61 Å². The molecule has 0 aliphatic carbocycles. The van der Waals surface area contributed by atoms with Gasteiger partial charge < -0.3 is 4.74 Å². The molecule has 0 fully saturated rings. The second-order valence-corrected chi connectivity index (χ2v) is 2.97.